The number of pyridine rings is 1. The minimum atomic E-state index is -1.08. The van der Waals surface area contributed by atoms with Gasteiger partial charge in [0, 0.05) is 17.8 Å². The number of aromatic nitrogens is 1. The van der Waals surface area contributed by atoms with Gasteiger partial charge in [-0.1, -0.05) is 11.8 Å². The molecule has 6 heteroatoms. The van der Waals surface area contributed by atoms with Crippen LogP contribution in [0.3, 0.4) is 0 Å². The first-order chi connectivity index (χ1) is 10.1. The van der Waals surface area contributed by atoms with E-state index in [1.165, 1.54) is 6.42 Å². The molecule has 1 aliphatic heterocycles. The SMILES string of the molecule is CN1CCCC1COc1cncc(C#CCNC(=O)O)c1. The topological polar surface area (TPSA) is 74.7 Å². The fourth-order valence-corrected chi connectivity index (χ4v) is 2.21. The molecule has 0 aliphatic carbocycles. The molecule has 1 unspecified atom stereocenters. The number of hydrogen-bond donors (Lipinski definition) is 2. The Morgan fingerprint density at radius 3 is 3.19 bits per heavy atom. The number of carbonyl (C=O) groups is 1. The summed E-state index contributed by atoms with van der Waals surface area (Å²) in [5.74, 6) is 6.26. The molecule has 1 aromatic rings. The summed E-state index contributed by atoms with van der Waals surface area (Å²) >= 11 is 0. The van der Waals surface area contributed by atoms with Crippen LogP contribution in [0, 0.1) is 11.8 Å². The van der Waals surface area contributed by atoms with E-state index in [-0.39, 0.29) is 6.54 Å². The Morgan fingerprint density at radius 2 is 2.48 bits per heavy atom. The van der Waals surface area contributed by atoms with Crippen molar-refractivity contribution in [2.24, 2.45) is 0 Å². The maximum atomic E-state index is 10.3. The number of hydrogen-bond acceptors (Lipinski definition) is 4. The summed E-state index contributed by atoms with van der Waals surface area (Å²) in [7, 11) is 2.11. The number of nitrogens with zero attached hydrogens (tertiary/aromatic N) is 2. The normalized spacial score (nSPS) is 17.9. The number of ether oxygens (including phenoxy) is 1. The highest BCUT2D eigenvalue weighted by Crippen LogP contribution is 2.17. The van der Waals surface area contributed by atoms with Gasteiger partial charge < -0.3 is 20.1 Å². The average Bonchev–Trinajstić information content (AvgIpc) is 2.87. The first-order valence-electron chi connectivity index (χ1n) is 6.89. The number of likely N-dealkylation sites (N-methyl/N-ethyl adjacent to an activating group) is 1. The van der Waals surface area contributed by atoms with Gasteiger partial charge in [-0.05, 0) is 32.5 Å². The molecule has 2 rings (SSSR count). The first kappa shape index (κ1) is 15.1. The third-order valence-electron chi connectivity index (χ3n) is 3.39. The summed E-state index contributed by atoms with van der Waals surface area (Å²) in [5, 5.41) is 10.6. The molecule has 2 heterocycles. The van der Waals surface area contributed by atoms with Crippen molar-refractivity contribution in [3.8, 4) is 17.6 Å². The lowest BCUT2D eigenvalue weighted by molar-refractivity contribution is 0.196. The van der Waals surface area contributed by atoms with Crippen molar-refractivity contribution in [2.75, 3.05) is 26.7 Å². The molecule has 112 valence electrons. The lowest BCUT2D eigenvalue weighted by Gasteiger charge is -2.19. The summed E-state index contributed by atoms with van der Waals surface area (Å²) in [6.07, 6.45) is 4.58. The van der Waals surface area contributed by atoms with E-state index in [1.54, 1.807) is 12.4 Å². The molecular formula is C15H19N3O3. The highest BCUT2D eigenvalue weighted by molar-refractivity contribution is 5.64. The van der Waals surface area contributed by atoms with Crippen LogP contribution in [0.2, 0.25) is 0 Å². The van der Waals surface area contributed by atoms with Crippen LogP contribution in [0.4, 0.5) is 4.79 Å². The Labute approximate surface area is 124 Å². The summed E-state index contributed by atoms with van der Waals surface area (Å²) < 4.78 is 5.76. The van der Waals surface area contributed by atoms with Crippen LogP contribution < -0.4 is 10.1 Å². The average molecular weight is 289 g/mol. The maximum absolute atomic E-state index is 10.3. The summed E-state index contributed by atoms with van der Waals surface area (Å²) in [6.45, 7) is 1.86. The zero-order chi connectivity index (χ0) is 15.1. The van der Waals surface area contributed by atoms with Gasteiger partial charge in [0.25, 0.3) is 0 Å². The fraction of sp³-hybridized carbons (Fsp3) is 0.467. The van der Waals surface area contributed by atoms with Gasteiger partial charge in [-0.2, -0.15) is 0 Å². The van der Waals surface area contributed by atoms with Gasteiger partial charge in [-0.25, -0.2) is 4.79 Å². The zero-order valence-corrected chi connectivity index (χ0v) is 12.0. The van der Waals surface area contributed by atoms with Crippen molar-refractivity contribution in [1.82, 2.24) is 15.2 Å². The Kier molecular flexibility index (Phi) is 5.41. The molecule has 2 N–H and O–H groups in total. The van der Waals surface area contributed by atoms with E-state index in [1.807, 2.05) is 6.07 Å². The van der Waals surface area contributed by atoms with E-state index in [2.05, 4.69) is 34.1 Å². The lowest BCUT2D eigenvalue weighted by atomic mass is 10.2. The molecule has 1 aliphatic rings. The third kappa shape index (κ3) is 4.97. The molecule has 1 aromatic heterocycles. The molecule has 1 amide bonds. The first-order valence-corrected chi connectivity index (χ1v) is 6.89. The Balaban J connectivity index is 1.86. The molecule has 0 aromatic carbocycles. The van der Waals surface area contributed by atoms with Gasteiger partial charge in [0.1, 0.15) is 12.4 Å². The fourth-order valence-electron chi connectivity index (χ4n) is 2.21. The molecule has 0 bridgehead atoms. The Hall–Kier alpha value is -2.26. The largest absolute Gasteiger partial charge is 0.490 e. The monoisotopic (exact) mass is 289 g/mol. The third-order valence-corrected chi connectivity index (χ3v) is 3.39. The molecule has 1 saturated heterocycles. The Bertz CT molecular complexity index is 551. The van der Waals surface area contributed by atoms with Crippen LogP contribution in [-0.2, 0) is 0 Å². The summed E-state index contributed by atoms with van der Waals surface area (Å²) in [5.41, 5.74) is 0.708. The minimum absolute atomic E-state index is 0.0906. The second-order valence-electron chi connectivity index (χ2n) is 4.96. The van der Waals surface area contributed by atoms with E-state index in [0.29, 0.717) is 24.0 Å². The van der Waals surface area contributed by atoms with Crippen LogP contribution >= 0.6 is 0 Å². The molecule has 0 radical (unpaired) electrons. The quantitative estimate of drug-likeness (QED) is 0.814. The summed E-state index contributed by atoms with van der Waals surface area (Å²) in [6, 6.07) is 2.27. The van der Waals surface area contributed by atoms with Crippen LogP contribution in [0.1, 0.15) is 18.4 Å². The van der Waals surface area contributed by atoms with Gasteiger partial charge >= 0.3 is 6.09 Å². The molecule has 1 atom stereocenters. The van der Waals surface area contributed by atoms with Gasteiger partial charge in [0.15, 0.2) is 0 Å². The van der Waals surface area contributed by atoms with Crippen molar-refractivity contribution in [1.29, 1.82) is 0 Å². The van der Waals surface area contributed by atoms with Gasteiger partial charge in [-0.15, -0.1) is 0 Å². The van der Waals surface area contributed by atoms with Crippen LogP contribution in [0.15, 0.2) is 18.5 Å². The number of nitrogens with one attached hydrogen (secondary N) is 1. The van der Waals surface area contributed by atoms with Crippen molar-refractivity contribution in [3.05, 3.63) is 24.0 Å². The van der Waals surface area contributed by atoms with E-state index < -0.39 is 6.09 Å². The second kappa shape index (κ2) is 7.50. The van der Waals surface area contributed by atoms with E-state index >= 15 is 0 Å². The van der Waals surface area contributed by atoms with Crippen molar-refractivity contribution >= 4 is 6.09 Å². The van der Waals surface area contributed by atoms with Crippen LogP contribution in [0.25, 0.3) is 0 Å². The highest BCUT2D eigenvalue weighted by Gasteiger charge is 2.21. The van der Waals surface area contributed by atoms with Gasteiger partial charge in [0.2, 0.25) is 0 Å². The number of rotatable bonds is 4. The number of carboxylic acid groups (broad SMARTS) is 1. The minimum Gasteiger partial charge on any atom is -0.490 e. The van der Waals surface area contributed by atoms with Gasteiger partial charge in [-0.3, -0.25) is 4.98 Å². The van der Waals surface area contributed by atoms with E-state index in [9.17, 15) is 4.79 Å². The molecule has 21 heavy (non-hydrogen) atoms. The van der Waals surface area contributed by atoms with Crippen LogP contribution in [0.5, 0.6) is 5.75 Å². The molecule has 0 spiro atoms. The zero-order valence-electron chi connectivity index (χ0n) is 12.0. The number of amides is 1. The number of likely N-dealkylation sites (tertiary alicyclic amines) is 1. The predicted molar refractivity (Wildman–Crippen MR) is 78.3 cm³/mol. The van der Waals surface area contributed by atoms with Crippen molar-refractivity contribution in [2.45, 2.75) is 18.9 Å². The lowest BCUT2D eigenvalue weighted by Crippen LogP contribution is -2.30. The molecule has 0 saturated carbocycles. The predicted octanol–water partition coefficient (Wildman–Crippen LogP) is 1.17. The van der Waals surface area contributed by atoms with E-state index in [4.69, 9.17) is 9.84 Å². The van der Waals surface area contributed by atoms with Crippen molar-refractivity contribution < 1.29 is 14.6 Å². The summed E-state index contributed by atoms with van der Waals surface area (Å²) in [4.78, 5) is 16.7. The second-order valence-corrected chi connectivity index (χ2v) is 4.96. The van der Waals surface area contributed by atoms with Crippen molar-refractivity contribution in [3.63, 3.8) is 0 Å². The van der Waals surface area contributed by atoms with Gasteiger partial charge in [0.05, 0.1) is 12.7 Å². The standard InChI is InChI=1S/C15H19N3O3/c1-18-7-3-5-13(18)11-21-14-8-12(9-16-10-14)4-2-6-17-15(19)20/h8-10,13,17H,3,5-7,11H2,1H3,(H,19,20). The Morgan fingerprint density at radius 1 is 1.62 bits per heavy atom. The molecule has 1 fully saturated rings. The highest BCUT2D eigenvalue weighted by atomic mass is 16.5. The maximum Gasteiger partial charge on any atom is 0.405 e. The van der Waals surface area contributed by atoms with E-state index in [0.717, 1.165) is 13.0 Å². The van der Waals surface area contributed by atoms with Crippen LogP contribution in [-0.4, -0.2) is 53.9 Å². The molecule has 6 nitrogen and oxygen atoms in total. The molecular weight excluding hydrogens is 270 g/mol. The smallest absolute Gasteiger partial charge is 0.405 e.